The number of hydrogen-bond acceptors (Lipinski definition) is 4. The number of unbranched alkanes of at least 4 members (excludes halogenated alkanes) is 2. The Hall–Kier alpha value is -2.35. The van der Waals surface area contributed by atoms with Gasteiger partial charge in [0.15, 0.2) is 0 Å². The third-order valence-electron chi connectivity index (χ3n) is 2.83. The SMILES string of the molecule is O=C(O)CCCCCNC(=O)NS(=O)(=O)C=Cc1ccccc1. The number of hydrogen-bond donors (Lipinski definition) is 3. The molecular weight excluding hydrogens is 320 g/mol. The van der Waals surface area contributed by atoms with Gasteiger partial charge in [0.2, 0.25) is 0 Å². The van der Waals surface area contributed by atoms with Crippen LogP contribution >= 0.6 is 0 Å². The van der Waals surface area contributed by atoms with Crippen LogP contribution in [0.5, 0.6) is 0 Å². The second kappa shape index (κ2) is 9.62. The van der Waals surface area contributed by atoms with Crippen LogP contribution in [0, 0.1) is 0 Å². The lowest BCUT2D eigenvalue weighted by Crippen LogP contribution is -2.38. The molecule has 0 fully saturated rings. The fourth-order valence-electron chi connectivity index (χ4n) is 1.71. The van der Waals surface area contributed by atoms with E-state index in [1.165, 1.54) is 6.08 Å². The maximum Gasteiger partial charge on any atom is 0.328 e. The molecule has 0 aromatic heterocycles. The summed E-state index contributed by atoms with van der Waals surface area (Å²) in [7, 11) is -3.86. The lowest BCUT2D eigenvalue weighted by molar-refractivity contribution is -0.137. The van der Waals surface area contributed by atoms with Gasteiger partial charge in [-0.1, -0.05) is 36.8 Å². The van der Waals surface area contributed by atoms with E-state index in [-0.39, 0.29) is 13.0 Å². The van der Waals surface area contributed by atoms with Crippen molar-refractivity contribution in [2.24, 2.45) is 0 Å². The van der Waals surface area contributed by atoms with Crippen LogP contribution in [0.25, 0.3) is 6.08 Å². The maximum atomic E-state index is 11.7. The van der Waals surface area contributed by atoms with E-state index in [0.717, 1.165) is 5.41 Å². The number of amides is 2. The van der Waals surface area contributed by atoms with Gasteiger partial charge < -0.3 is 10.4 Å². The van der Waals surface area contributed by atoms with E-state index < -0.39 is 22.0 Å². The Morgan fingerprint density at radius 2 is 1.78 bits per heavy atom. The van der Waals surface area contributed by atoms with E-state index in [4.69, 9.17) is 5.11 Å². The van der Waals surface area contributed by atoms with Crippen molar-refractivity contribution in [3.05, 3.63) is 41.3 Å². The van der Waals surface area contributed by atoms with Crippen molar-refractivity contribution in [2.45, 2.75) is 25.7 Å². The summed E-state index contributed by atoms with van der Waals surface area (Å²) >= 11 is 0. The predicted molar refractivity (Wildman–Crippen MR) is 87.0 cm³/mol. The van der Waals surface area contributed by atoms with Gasteiger partial charge in [0.25, 0.3) is 10.0 Å². The summed E-state index contributed by atoms with van der Waals surface area (Å²) in [5, 5.41) is 11.8. The van der Waals surface area contributed by atoms with E-state index in [1.54, 1.807) is 24.3 Å². The maximum absolute atomic E-state index is 11.7. The number of carboxylic acid groups (broad SMARTS) is 1. The van der Waals surface area contributed by atoms with Gasteiger partial charge in [-0.2, -0.15) is 0 Å². The quantitative estimate of drug-likeness (QED) is 0.595. The Bertz CT molecular complexity index is 641. The van der Waals surface area contributed by atoms with Gasteiger partial charge in [-0.15, -0.1) is 0 Å². The third kappa shape index (κ3) is 9.30. The highest BCUT2D eigenvalue weighted by Crippen LogP contribution is 2.02. The topological polar surface area (TPSA) is 113 Å². The Morgan fingerprint density at radius 1 is 1.09 bits per heavy atom. The van der Waals surface area contributed by atoms with Crippen molar-refractivity contribution in [2.75, 3.05) is 6.54 Å². The van der Waals surface area contributed by atoms with Crippen LogP contribution in [0.3, 0.4) is 0 Å². The van der Waals surface area contributed by atoms with Gasteiger partial charge in [-0.05, 0) is 24.5 Å². The molecule has 0 saturated carbocycles. The van der Waals surface area contributed by atoms with Crippen LogP contribution in [-0.2, 0) is 14.8 Å². The summed E-state index contributed by atoms with van der Waals surface area (Å²) in [4.78, 5) is 21.8. The standard InChI is InChI=1S/C15H20N2O5S/c18-14(19)9-5-2-6-11-16-15(20)17-23(21,22)12-10-13-7-3-1-4-8-13/h1,3-4,7-8,10,12H,2,5-6,9,11H2,(H,18,19)(H2,16,17,20). The first-order chi connectivity index (χ1) is 10.9. The fraction of sp³-hybridized carbons (Fsp3) is 0.333. The molecule has 3 N–H and O–H groups in total. The molecule has 0 atom stereocenters. The number of urea groups is 1. The predicted octanol–water partition coefficient (Wildman–Crippen LogP) is 1.93. The lowest BCUT2D eigenvalue weighted by Gasteiger charge is -2.06. The summed E-state index contributed by atoms with van der Waals surface area (Å²) in [5.41, 5.74) is 0.705. The summed E-state index contributed by atoms with van der Waals surface area (Å²) in [6.45, 7) is 0.281. The summed E-state index contributed by atoms with van der Waals surface area (Å²) in [6.07, 6.45) is 3.23. The summed E-state index contributed by atoms with van der Waals surface area (Å²) < 4.78 is 25.3. The molecule has 0 aliphatic carbocycles. The average Bonchev–Trinajstić information content (AvgIpc) is 2.49. The number of rotatable bonds is 9. The van der Waals surface area contributed by atoms with Crippen molar-refractivity contribution >= 4 is 28.1 Å². The Labute approximate surface area is 135 Å². The first-order valence-electron chi connectivity index (χ1n) is 7.14. The molecule has 0 unspecified atom stereocenters. The van der Waals surface area contributed by atoms with E-state index >= 15 is 0 Å². The molecule has 0 spiro atoms. The largest absolute Gasteiger partial charge is 0.481 e. The van der Waals surface area contributed by atoms with Crippen molar-refractivity contribution < 1.29 is 23.1 Å². The van der Waals surface area contributed by atoms with E-state index in [1.807, 2.05) is 10.8 Å². The zero-order valence-electron chi connectivity index (χ0n) is 12.6. The van der Waals surface area contributed by atoms with Crippen molar-refractivity contribution in [3.63, 3.8) is 0 Å². The minimum atomic E-state index is -3.86. The Balaban J connectivity index is 2.29. The lowest BCUT2D eigenvalue weighted by atomic mass is 10.2. The molecule has 126 valence electrons. The van der Waals surface area contributed by atoms with Crippen LogP contribution in [0.15, 0.2) is 35.7 Å². The Morgan fingerprint density at radius 3 is 2.43 bits per heavy atom. The average molecular weight is 340 g/mol. The number of nitrogens with one attached hydrogen (secondary N) is 2. The van der Waals surface area contributed by atoms with Gasteiger partial charge in [0.1, 0.15) is 0 Å². The second-order valence-corrected chi connectivity index (χ2v) is 6.39. The zero-order valence-corrected chi connectivity index (χ0v) is 13.4. The molecule has 1 rings (SSSR count). The Kier molecular flexibility index (Phi) is 7.82. The zero-order chi connectivity index (χ0) is 17.1. The molecule has 0 saturated heterocycles. The molecule has 0 radical (unpaired) electrons. The van der Waals surface area contributed by atoms with Gasteiger partial charge in [-0.25, -0.2) is 17.9 Å². The van der Waals surface area contributed by atoms with Gasteiger partial charge >= 0.3 is 12.0 Å². The molecule has 0 aliphatic heterocycles. The van der Waals surface area contributed by atoms with E-state index in [2.05, 4.69) is 5.32 Å². The fourth-order valence-corrected chi connectivity index (χ4v) is 2.45. The monoisotopic (exact) mass is 340 g/mol. The van der Waals surface area contributed by atoms with E-state index in [0.29, 0.717) is 24.8 Å². The number of carboxylic acids is 1. The number of aliphatic carboxylic acids is 1. The number of sulfonamides is 1. The van der Waals surface area contributed by atoms with Crippen molar-refractivity contribution in [1.29, 1.82) is 0 Å². The first-order valence-corrected chi connectivity index (χ1v) is 8.69. The number of carbonyl (C=O) groups excluding carboxylic acids is 1. The number of benzene rings is 1. The first kappa shape index (κ1) is 18.7. The van der Waals surface area contributed by atoms with E-state index in [9.17, 15) is 18.0 Å². The summed E-state index contributed by atoms with van der Waals surface area (Å²) in [6, 6.07) is 8.04. The van der Waals surface area contributed by atoms with Crippen LogP contribution in [0.4, 0.5) is 4.79 Å². The van der Waals surface area contributed by atoms with Crippen LogP contribution in [0.2, 0.25) is 0 Å². The molecule has 0 aliphatic rings. The number of carbonyl (C=O) groups is 2. The minimum absolute atomic E-state index is 0.0882. The van der Waals surface area contributed by atoms with Gasteiger partial charge in [0.05, 0.1) is 5.41 Å². The second-order valence-electron chi connectivity index (χ2n) is 4.82. The normalized spacial score (nSPS) is 11.3. The molecule has 7 nitrogen and oxygen atoms in total. The van der Waals surface area contributed by atoms with Crippen molar-refractivity contribution in [1.82, 2.24) is 10.0 Å². The molecule has 0 bridgehead atoms. The molecule has 1 aromatic carbocycles. The highest BCUT2D eigenvalue weighted by Gasteiger charge is 2.10. The molecular formula is C15H20N2O5S. The summed E-state index contributed by atoms with van der Waals surface area (Å²) in [5.74, 6) is -0.855. The molecule has 1 aromatic rings. The highest BCUT2D eigenvalue weighted by molar-refractivity contribution is 7.93. The van der Waals surface area contributed by atoms with Crippen LogP contribution in [-0.4, -0.2) is 32.1 Å². The molecule has 0 heterocycles. The van der Waals surface area contributed by atoms with Crippen molar-refractivity contribution in [3.8, 4) is 0 Å². The van der Waals surface area contributed by atoms with Crippen LogP contribution in [0.1, 0.15) is 31.2 Å². The van der Waals surface area contributed by atoms with Gasteiger partial charge in [0, 0.05) is 13.0 Å². The van der Waals surface area contributed by atoms with Crippen LogP contribution < -0.4 is 10.0 Å². The minimum Gasteiger partial charge on any atom is -0.481 e. The van der Waals surface area contributed by atoms with Gasteiger partial charge in [-0.3, -0.25) is 4.79 Å². The molecule has 8 heteroatoms. The molecule has 2 amide bonds. The highest BCUT2D eigenvalue weighted by atomic mass is 32.2. The smallest absolute Gasteiger partial charge is 0.328 e. The third-order valence-corrected chi connectivity index (χ3v) is 3.79. The molecule has 23 heavy (non-hydrogen) atoms.